The summed E-state index contributed by atoms with van der Waals surface area (Å²) in [5.41, 5.74) is 9.08. The monoisotopic (exact) mass is 400 g/mol. The molecule has 0 bridgehead atoms. The van der Waals surface area contributed by atoms with Gasteiger partial charge in [-0.05, 0) is 36.2 Å². The Morgan fingerprint density at radius 1 is 0.677 bits per heavy atom. The van der Waals surface area contributed by atoms with Crippen molar-refractivity contribution in [3.8, 4) is 11.1 Å². The summed E-state index contributed by atoms with van der Waals surface area (Å²) in [4.78, 5) is 5.12. The molecule has 2 nitrogen and oxygen atoms in total. The Morgan fingerprint density at radius 3 is 2.06 bits per heavy atom. The third-order valence-electron chi connectivity index (χ3n) is 5.57. The van der Waals surface area contributed by atoms with E-state index >= 15 is 0 Å². The fraction of sp³-hybridized carbons (Fsp3) is 0.0690. The smallest absolute Gasteiger partial charge is 0.0726 e. The van der Waals surface area contributed by atoms with E-state index < -0.39 is 0 Å². The molecule has 1 heterocycles. The molecule has 0 fully saturated rings. The van der Waals surface area contributed by atoms with Crippen LogP contribution >= 0.6 is 0 Å². The Labute approximate surface area is 183 Å². The molecule has 0 aliphatic carbocycles. The Balaban J connectivity index is 1.76. The van der Waals surface area contributed by atoms with Crippen LogP contribution in [0.15, 0.2) is 109 Å². The van der Waals surface area contributed by atoms with E-state index in [4.69, 9.17) is 4.98 Å². The van der Waals surface area contributed by atoms with Crippen LogP contribution in [0.2, 0.25) is 0 Å². The van der Waals surface area contributed by atoms with Crippen LogP contribution < -0.4 is 5.32 Å². The van der Waals surface area contributed by atoms with Crippen LogP contribution in [0.1, 0.15) is 16.8 Å². The van der Waals surface area contributed by atoms with E-state index in [1.54, 1.807) is 0 Å². The van der Waals surface area contributed by atoms with E-state index in [9.17, 15) is 0 Å². The first-order valence-corrected chi connectivity index (χ1v) is 10.6. The highest BCUT2D eigenvalue weighted by atomic mass is 14.9. The average molecular weight is 401 g/mol. The number of hydrogen-bond acceptors (Lipinski definition) is 2. The average Bonchev–Trinajstić information content (AvgIpc) is 2.82. The molecule has 1 aromatic heterocycles. The Bertz CT molecular complexity index is 1310. The predicted molar refractivity (Wildman–Crippen MR) is 131 cm³/mol. The van der Waals surface area contributed by atoms with Gasteiger partial charge in [0.25, 0.3) is 0 Å². The van der Waals surface area contributed by atoms with Crippen LogP contribution in [-0.2, 0) is 6.42 Å². The van der Waals surface area contributed by atoms with Gasteiger partial charge < -0.3 is 5.32 Å². The molecule has 0 saturated heterocycles. The van der Waals surface area contributed by atoms with Crippen molar-refractivity contribution in [2.75, 3.05) is 5.32 Å². The number of nitrogens with one attached hydrogen (secondary N) is 1. The van der Waals surface area contributed by atoms with Crippen LogP contribution in [0, 0.1) is 6.92 Å². The number of benzene rings is 4. The van der Waals surface area contributed by atoms with Crippen LogP contribution in [0.25, 0.3) is 22.0 Å². The number of hydrogen-bond donors (Lipinski definition) is 1. The van der Waals surface area contributed by atoms with Crippen molar-refractivity contribution in [3.63, 3.8) is 0 Å². The van der Waals surface area contributed by atoms with E-state index in [1.165, 1.54) is 16.7 Å². The summed E-state index contributed by atoms with van der Waals surface area (Å²) in [5, 5.41) is 4.85. The molecule has 5 rings (SSSR count). The van der Waals surface area contributed by atoms with E-state index in [-0.39, 0.29) is 0 Å². The quantitative estimate of drug-likeness (QED) is 0.329. The number of nitrogens with zero attached hydrogens (tertiary/aromatic N) is 1. The fourth-order valence-corrected chi connectivity index (χ4v) is 4.01. The van der Waals surface area contributed by atoms with Crippen LogP contribution in [0.5, 0.6) is 0 Å². The van der Waals surface area contributed by atoms with E-state index in [1.807, 2.05) is 0 Å². The standard InChI is InChI=1S/C29H24N2/c1-21-16-18-24(19-17-21)30-29-25-14-8-9-15-26(25)31-27(20-22-10-4-2-5-11-22)28(29)23-12-6-3-7-13-23/h2-19H,20H2,1H3,(H,30,31). The summed E-state index contributed by atoms with van der Waals surface area (Å²) < 4.78 is 0. The molecule has 0 spiro atoms. The zero-order valence-corrected chi connectivity index (χ0v) is 17.5. The van der Waals surface area contributed by atoms with Gasteiger partial charge in [0.2, 0.25) is 0 Å². The van der Waals surface area contributed by atoms with E-state index in [0.29, 0.717) is 0 Å². The van der Waals surface area contributed by atoms with Gasteiger partial charge in [0.05, 0.1) is 16.9 Å². The van der Waals surface area contributed by atoms with Crippen LogP contribution in [0.3, 0.4) is 0 Å². The van der Waals surface area contributed by atoms with Gasteiger partial charge in [-0.3, -0.25) is 4.98 Å². The van der Waals surface area contributed by atoms with Crippen molar-refractivity contribution < 1.29 is 0 Å². The molecular weight excluding hydrogens is 376 g/mol. The zero-order chi connectivity index (χ0) is 21.0. The Hall–Kier alpha value is -3.91. The fourth-order valence-electron chi connectivity index (χ4n) is 4.01. The molecular formula is C29H24N2. The summed E-state index contributed by atoms with van der Waals surface area (Å²) in [6.07, 6.45) is 0.776. The summed E-state index contributed by atoms with van der Waals surface area (Å²) in [5.74, 6) is 0. The maximum Gasteiger partial charge on any atom is 0.0726 e. The lowest BCUT2D eigenvalue weighted by Crippen LogP contribution is -2.03. The summed E-state index contributed by atoms with van der Waals surface area (Å²) in [6, 6.07) is 38.1. The second kappa shape index (κ2) is 8.45. The minimum Gasteiger partial charge on any atom is -0.354 e. The molecule has 0 unspecified atom stereocenters. The third kappa shape index (κ3) is 4.06. The largest absolute Gasteiger partial charge is 0.354 e. The molecule has 0 saturated carbocycles. The van der Waals surface area contributed by atoms with Crippen molar-refractivity contribution in [1.82, 2.24) is 4.98 Å². The van der Waals surface area contributed by atoms with Gasteiger partial charge in [-0.1, -0.05) is 96.6 Å². The molecule has 1 N–H and O–H groups in total. The minimum atomic E-state index is 0.776. The predicted octanol–water partition coefficient (Wildman–Crippen LogP) is 7.54. The lowest BCUT2D eigenvalue weighted by molar-refractivity contribution is 1.10. The van der Waals surface area contributed by atoms with Gasteiger partial charge in [-0.2, -0.15) is 0 Å². The third-order valence-corrected chi connectivity index (χ3v) is 5.57. The van der Waals surface area contributed by atoms with Crippen molar-refractivity contribution in [1.29, 1.82) is 0 Å². The van der Waals surface area contributed by atoms with Gasteiger partial charge in [-0.15, -0.1) is 0 Å². The van der Waals surface area contributed by atoms with Gasteiger partial charge in [-0.25, -0.2) is 0 Å². The summed E-state index contributed by atoms with van der Waals surface area (Å²) in [6.45, 7) is 2.11. The first-order valence-electron chi connectivity index (χ1n) is 10.6. The number of fused-ring (bicyclic) bond motifs is 1. The van der Waals surface area contributed by atoms with Gasteiger partial charge >= 0.3 is 0 Å². The topological polar surface area (TPSA) is 24.9 Å². The Morgan fingerprint density at radius 2 is 1.32 bits per heavy atom. The van der Waals surface area contributed by atoms with Crippen LogP contribution in [0.4, 0.5) is 11.4 Å². The molecule has 0 aliphatic heterocycles. The first-order chi connectivity index (χ1) is 15.3. The lowest BCUT2D eigenvalue weighted by Gasteiger charge is -2.19. The van der Waals surface area contributed by atoms with E-state index in [0.717, 1.165) is 40.0 Å². The normalized spacial score (nSPS) is 10.9. The number of aromatic nitrogens is 1. The summed E-state index contributed by atoms with van der Waals surface area (Å²) in [7, 11) is 0. The zero-order valence-electron chi connectivity index (χ0n) is 17.5. The summed E-state index contributed by atoms with van der Waals surface area (Å²) >= 11 is 0. The van der Waals surface area contributed by atoms with Gasteiger partial charge in [0, 0.05) is 23.1 Å². The number of aryl methyl sites for hydroxylation is 1. The molecule has 0 amide bonds. The number of pyridine rings is 1. The van der Waals surface area contributed by atoms with E-state index in [2.05, 4.69) is 121 Å². The molecule has 0 atom stereocenters. The van der Waals surface area contributed by atoms with Crippen LogP contribution in [-0.4, -0.2) is 4.98 Å². The molecule has 2 heteroatoms. The van der Waals surface area contributed by atoms with Crippen molar-refractivity contribution >= 4 is 22.3 Å². The molecule has 0 aliphatic rings. The second-order valence-corrected chi connectivity index (χ2v) is 7.85. The molecule has 31 heavy (non-hydrogen) atoms. The lowest BCUT2D eigenvalue weighted by atomic mass is 9.95. The maximum absolute atomic E-state index is 5.12. The second-order valence-electron chi connectivity index (χ2n) is 7.85. The molecule has 4 aromatic carbocycles. The van der Waals surface area contributed by atoms with Crippen molar-refractivity contribution in [2.24, 2.45) is 0 Å². The Kier molecular flexibility index (Phi) is 5.20. The van der Waals surface area contributed by atoms with Gasteiger partial charge in [0.15, 0.2) is 0 Å². The molecule has 0 radical (unpaired) electrons. The van der Waals surface area contributed by atoms with Crippen molar-refractivity contribution in [3.05, 3.63) is 126 Å². The SMILES string of the molecule is Cc1ccc(Nc2c(-c3ccccc3)c(Cc3ccccc3)nc3ccccc23)cc1. The highest BCUT2D eigenvalue weighted by molar-refractivity contribution is 6.02. The van der Waals surface area contributed by atoms with Gasteiger partial charge in [0.1, 0.15) is 0 Å². The molecule has 5 aromatic rings. The highest BCUT2D eigenvalue weighted by Crippen LogP contribution is 2.39. The number of para-hydroxylation sites is 1. The number of rotatable bonds is 5. The maximum atomic E-state index is 5.12. The minimum absolute atomic E-state index is 0.776. The van der Waals surface area contributed by atoms with Crippen molar-refractivity contribution in [2.45, 2.75) is 13.3 Å². The number of anilines is 2. The first kappa shape index (κ1) is 19.1. The molecule has 150 valence electrons. The highest BCUT2D eigenvalue weighted by Gasteiger charge is 2.17.